The molecule has 21 heavy (non-hydrogen) atoms. The number of halogens is 2. The van der Waals surface area contributed by atoms with Gasteiger partial charge in [0.25, 0.3) is 5.91 Å². The fourth-order valence-electron chi connectivity index (χ4n) is 2.21. The van der Waals surface area contributed by atoms with E-state index in [-0.39, 0.29) is 5.91 Å². The molecule has 0 aliphatic heterocycles. The van der Waals surface area contributed by atoms with Crippen molar-refractivity contribution in [3.63, 3.8) is 0 Å². The first-order valence-corrected chi connectivity index (χ1v) is 7.98. The number of nitrogens with zero attached hydrogens (tertiary/aromatic N) is 2. The summed E-state index contributed by atoms with van der Waals surface area (Å²) < 4.78 is 0.795. The summed E-state index contributed by atoms with van der Waals surface area (Å²) in [4.78, 5) is 18.9. The SMILES string of the molecule is O=C(c1ccc(Br)c(Cl)c1)N(Cc1ccccn1)C1CC1. The lowest BCUT2D eigenvalue weighted by molar-refractivity contribution is 0.0727. The first-order chi connectivity index (χ1) is 10.1. The second-order valence-corrected chi connectivity index (χ2v) is 6.38. The molecule has 1 aromatic heterocycles. The number of benzene rings is 1. The first-order valence-electron chi connectivity index (χ1n) is 6.81. The zero-order valence-electron chi connectivity index (χ0n) is 11.3. The Bertz CT molecular complexity index is 659. The van der Waals surface area contributed by atoms with Crippen LogP contribution in [0, 0.1) is 0 Å². The fraction of sp³-hybridized carbons (Fsp3) is 0.250. The summed E-state index contributed by atoms with van der Waals surface area (Å²) in [5.74, 6) is 0.0116. The highest BCUT2D eigenvalue weighted by Crippen LogP contribution is 2.31. The Hall–Kier alpha value is -1.39. The van der Waals surface area contributed by atoms with Crippen molar-refractivity contribution >= 4 is 33.4 Å². The van der Waals surface area contributed by atoms with E-state index in [2.05, 4.69) is 20.9 Å². The van der Waals surface area contributed by atoms with Crippen LogP contribution in [-0.4, -0.2) is 21.8 Å². The van der Waals surface area contributed by atoms with Crippen LogP contribution in [0.3, 0.4) is 0 Å². The summed E-state index contributed by atoms with van der Waals surface area (Å²) in [5.41, 5.74) is 1.52. The second-order valence-electron chi connectivity index (χ2n) is 5.11. The zero-order chi connectivity index (χ0) is 14.8. The van der Waals surface area contributed by atoms with Crippen LogP contribution in [0.15, 0.2) is 47.1 Å². The van der Waals surface area contributed by atoms with Crippen LogP contribution in [0.2, 0.25) is 5.02 Å². The minimum atomic E-state index is 0.0116. The molecule has 1 amide bonds. The van der Waals surface area contributed by atoms with E-state index in [1.165, 1.54) is 0 Å². The number of pyridine rings is 1. The van der Waals surface area contributed by atoms with Crippen LogP contribution in [0.25, 0.3) is 0 Å². The summed E-state index contributed by atoms with van der Waals surface area (Å²) in [6, 6.07) is 11.4. The first kappa shape index (κ1) is 14.5. The average Bonchev–Trinajstić information content (AvgIpc) is 3.33. The number of rotatable bonds is 4. The van der Waals surface area contributed by atoms with Crippen molar-refractivity contribution in [3.8, 4) is 0 Å². The summed E-state index contributed by atoms with van der Waals surface area (Å²) in [6.07, 6.45) is 3.87. The zero-order valence-corrected chi connectivity index (χ0v) is 13.6. The molecular weight excluding hydrogens is 352 g/mol. The Labute approximate surface area is 137 Å². The van der Waals surface area contributed by atoms with Gasteiger partial charge in [-0.15, -0.1) is 0 Å². The topological polar surface area (TPSA) is 33.2 Å². The van der Waals surface area contributed by atoms with E-state index in [1.54, 1.807) is 24.4 Å². The molecule has 0 saturated heterocycles. The lowest BCUT2D eigenvalue weighted by Crippen LogP contribution is -2.32. The van der Waals surface area contributed by atoms with Crippen LogP contribution in [0.1, 0.15) is 28.9 Å². The van der Waals surface area contributed by atoms with E-state index in [9.17, 15) is 4.79 Å². The average molecular weight is 366 g/mol. The highest BCUT2D eigenvalue weighted by molar-refractivity contribution is 9.10. The molecule has 1 aliphatic rings. The van der Waals surface area contributed by atoms with Gasteiger partial charge in [0.1, 0.15) is 0 Å². The molecule has 0 N–H and O–H groups in total. The minimum Gasteiger partial charge on any atom is -0.330 e. The van der Waals surface area contributed by atoms with Crippen LogP contribution in [0.5, 0.6) is 0 Å². The van der Waals surface area contributed by atoms with Gasteiger partial charge in [-0.05, 0) is 59.1 Å². The minimum absolute atomic E-state index is 0.0116. The Morgan fingerprint density at radius 2 is 2.14 bits per heavy atom. The van der Waals surface area contributed by atoms with Crippen molar-refractivity contribution in [2.75, 3.05) is 0 Å². The molecule has 0 unspecified atom stereocenters. The number of aromatic nitrogens is 1. The number of hydrogen-bond donors (Lipinski definition) is 0. The van der Waals surface area contributed by atoms with E-state index < -0.39 is 0 Å². The number of amides is 1. The van der Waals surface area contributed by atoms with Gasteiger partial charge in [-0.3, -0.25) is 9.78 Å². The predicted octanol–water partition coefficient (Wildman–Crippen LogP) is 4.30. The molecule has 3 nitrogen and oxygen atoms in total. The molecule has 1 heterocycles. The highest BCUT2D eigenvalue weighted by Gasteiger charge is 2.33. The van der Waals surface area contributed by atoms with Crippen LogP contribution < -0.4 is 0 Å². The van der Waals surface area contributed by atoms with Crippen LogP contribution in [0.4, 0.5) is 0 Å². The van der Waals surface area contributed by atoms with Gasteiger partial charge in [0.05, 0.1) is 17.3 Å². The Morgan fingerprint density at radius 1 is 1.33 bits per heavy atom. The molecular formula is C16H14BrClN2O. The Balaban J connectivity index is 1.83. The van der Waals surface area contributed by atoms with E-state index in [0.717, 1.165) is 23.0 Å². The molecule has 3 rings (SSSR count). The Kier molecular flexibility index (Phi) is 4.27. The van der Waals surface area contributed by atoms with E-state index in [4.69, 9.17) is 11.6 Å². The van der Waals surface area contributed by atoms with Crippen LogP contribution >= 0.6 is 27.5 Å². The standard InChI is InChI=1S/C16H14BrClN2O/c17-14-7-4-11(9-15(14)18)16(21)20(13-5-6-13)10-12-3-1-2-8-19-12/h1-4,7-9,13H,5-6,10H2. The molecule has 1 fully saturated rings. The predicted molar refractivity (Wildman–Crippen MR) is 86.3 cm³/mol. The number of carbonyl (C=O) groups is 1. The molecule has 0 bridgehead atoms. The lowest BCUT2D eigenvalue weighted by atomic mass is 10.2. The van der Waals surface area contributed by atoms with E-state index in [0.29, 0.717) is 23.2 Å². The largest absolute Gasteiger partial charge is 0.330 e. The van der Waals surface area contributed by atoms with Gasteiger partial charge in [0, 0.05) is 22.3 Å². The molecule has 5 heteroatoms. The van der Waals surface area contributed by atoms with Crippen molar-refractivity contribution in [2.45, 2.75) is 25.4 Å². The highest BCUT2D eigenvalue weighted by atomic mass is 79.9. The van der Waals surface area contributed by atoms with Gasteiger partial charge in [0.15, 0.2) is 0 Å². The van der Waals surface area contributed by atoms with Gasteiger partial charge in [0.2, 0.25) is 0 Å². The third kappa shape index (κ3) is 3.44. The quantitative estimate of drug-likeness (QED) is 0.809. The van der Waals surface area contributed by atoms with Gasteiger partial charge in [-0.25, -0.2) is 0 Å². The number of hydrogen-bond acceptors (Lipinski definition) is 2. The molecule has 0 radical (unpaired) electrons. The number of carbonyl (C=O) groups excluding carboxylic acids is 1. The fourth-order valence-corrected chi connectivity index (χ4v) is 2.64. The van der Waals surface area contributed by atoms with Crippen molar-refractivity contribution in [1.82, 2.24) is 9.88 Å². The Morgan fingerprint density at radius 3 is 2.76 bits per heavy atom. The molecule has 1 saturated carbocycles. The van der Waals surface area contributed by atoms with Gasteiger partial charge < -0.3 is 4.90 Å². The maximum absolute atomic E-state index is 12.7. The van der Waals surface area contributed by atoms with E-state index in [1.807, 2.05) is 23.1 Å². The molecule has 0 spiro atoms. The second kappa shape index (κ2) is 6.16. The summed E-state index contributed by atoms with van der Waals surface area (Å²) in [6.45, 7) is 0.540. The molecule has 0 atom stereocenters. The smallest absolute Gasteiger partial charge is 0.254 e. The normalized spacial score (nSPS) is 14.0. The molecule has 2 aromatic rings. The maximum Gasteiger partial charge on any atom is 0.254 e. The summed E-state index contributed by atoms with van der Waals surface area (Å²) >= 11 is 9.43. The lowest BCUT2D eigenvalue weighted by Gasteiger charge is -2.22. The van der Waals surface area contributed by atoms with Gasteiger partial charge >= 0.3 is 0 Å². The maximum atomic E-state index is 12.7. The van der Waals surface area contributed by atoms with Crippen molar-refractivity contribution in [3.05, 3.63) is 63.3 Å². The van der Waals surface area contributed by atoms with Crippen LogP contribution in [-0.2, 0) is 6.54 Å². The van der Waals surface area contributed by atoms with Crippen molar-refractivity contribution in [2.24, 2.45) is 0 Å². The third-order valence-electron chi connectivity index (χ3n) is 3.47. The third-order valence-corrected chi connectivity index (χ3v) is 4.71. The van der Waals surface area contributed by atoms with Crippen molar-refractivity contribution < 1.29 is 4.79 Å². The van der Waals surface area contributed by atoms with E-state index >= 15 is 0 Å². The molecule has 1 aliphatic carbocycles. The molecule has 1 aromatic carbocycles. The molecule has 108 valence electrons. The summed E-state index contributed by atoms with van der Waals surface area (Å²) in [7, 11) is 0. The van der Waals surface area contributed by atoms with Gasteiger partial charge in [-0.2, -0.15) is 0 Å². The van der Waals surface area contributed by atoms with Crippen molar-refractivity contribution in [1.29, 1.82) is 0 Å². The van der Waals surface area contributed by atoms with Gasteiger partial charge in [-0.1, -0.05) is 17.7 Å². The summed E-state index contributed by atoms with van der Waals surface area (Å²) in [5, 5.41) is 0.550. The monoisotopic (exact) mass is 364 g/mol.